The lowest BCUT2D eigenvalue weighted by molar-refractivity contribution is 0.341. The molecule has 1 atom stereocenters. The Bertz CT molecular complexity index is 218. The zero-order chi connectivity index (χ0) is 8.43. The first kappa shape index (κ1) is 8.90. The Morgan fingerprint density at radius 3 is 2.82 bits per heavy atom. The summed E-state index contributed by atoms with van der Waals surface area (Å²) in [6, 6.07) is 0. The Balaban J connectivity index is 2.92. The summed E-state index contributed by atoms with van der Waals surface area (Å²) in [5.74, 6) is 1.27. The first-order valence-corrected chi connectivity index (χ1v) is 4.42. The smallest absolute Gasteiger partial charge is 0.192 e. The molecular formula is C8H11IO2. The Kier molecular flexibility index (Phi) is 2.81. The molecule has 11 heavy (non-hydrogen) atoms. The number of aliphatic hydroxyl groups excluding tert-OH is 1. The van der Waals surface area contributed by atoms with Crippen LogP contribution in [0.5, 0.6) is 0 Å². The lowest BCUT2D eigenvalue weighted by Crippen LogP contribution is -2.08. The molecule has 3 heteroatoms. The van der Waals surface area contributed by atoms with Crippen molar-refractivity contribution in [3.63, 3.8) is 0 Å². The Morgan fingerprint density at radius 2 is 2.36 bits per heavy atom. The zero-order valence-corrected chi connectivity index (χ0v) is 8.75. The van der Waals surface area contributed by atoms with Crippen molar-refractivity contribution in [2.24, 2.45) is 5.92 Å². The topological polar surface area (TPSA) is 29.5 Å². The molecule has 0 saturated heterocycles. The van der Waals surface area contributed by atoms with Crippen LogP contribution in [0.2, 0.25) is 0 Å². The highest BCUT2D eigenvalue weighted by atomic mass is 127. The largest absolute Gasteiger partial charge is 0.504 e. The van der Waals surface area contributed by atoms with Gasteiger partial charge in [0.1, 0.15) is 0 Å². The van der Waals surface area contributed by atoms with Crippen molar-refractivity contribution >= 4 is 23.0 Å². The van der Waals surface area contributed by atoms with Gasteiger partial charge in [0.15, 0.2) is 34.5 Å². The van der Waals surface area contributed by atoms with Crippen molar-refractivity contribution in [2.45, 2.75) is 20.3 Å². The second-order valence-electron chi connectivity index (χ2n) is 2.92. The van der Waals surface area contributed by atoms with E-state index in [2.05, 4.69) is 0 Å². The summed E-state index contributed by atoms with van der Waals surface area (Å²) in [4.78, 5) is 0. The maximum atomic E-state index is 9.38. The van der Waals surface area contributed by atoms with Crippen molar-refractivity contribution in [1.82, 2.24) is 0 Å². The standard InChI is InChI=1S/C8H11IO2/c1-5-3-6(2)8(11-9)7(10)4-5/h4,6,10H,3H2,1-2H3. The molecule has 0 aliphatic heterocycles. The summed E-state index contributed by atoms with van der Waals surface area (Å²) in [5.41, 5.74) is 1.20. The molecule has 0 bridgehead atoms. The van der Waals surface area contributed by atoms with Crippen molar-refractivity contribution in [2.75, 3.05) is 0 Å². The summed E-state index contributed by atoms with van der Waals surface area (Å²) in [6.07, 6.45) is 2.73. The van der Waals surface area contributed by atoms with Crippen LogP contribution in [-0.4, -0.2) is 5.11 Å². The van der Waals surface area contributed by atoms with Crippen LogP contribution in [0.4, 0.5) is 0 Å². The van der Waals surface area contributed by atoms with Gasteiger partial charge in [-0.15, -0.1) is 0 Å². The Labute approximate surface area is 80.6 Å². The fourth-order valence-electron chi connectivity index (χ4n) is 1.31. The third kappa shape index (κ3) is 1.89. The minimum atomic E-state index is 0.274. The van der Waals surface area contributed by atoms with Crippen LogP contribution in [0, 0.1) is 5.92 Å². The number of hydrogen-bond acceptors (Lipinski definition) is 2. The molecule has 0 fully saturated rings. The van der Waals surface area contributed by atoms with Crippen LogP contribution in [0.3, 0.4) is 0 Å². The average molecular weight is 266 g/mol. The van der Waals surface area contributed by atoms with Gasteiger partial charge in [0.05, 0.1) is 0 Å². The second-order valence-corrected chi connectivity index (χ2v) is 3.36. The minimum Gasteiger partial charge on any atom is -0.504 e. The van der Waals surface area contributed by atoms with Gasteiger partial charge in [-0.3, -0.25) is 0 Å². The van der Waals surface area contributed by atoms with Crippen LogP contribution in [-0.2, 0) is 3.07 Å². The van der Waals surface area contributed by atoms with E-state index < -0.39 is 0 Å². The monoisotopic (exact) mass is 266 g/mol. The van der Waals surface area contributed by atoms with Gasteiger partial charge in [-0.2, -0.15) is 0 Å². The average Bonchev–Trinajstić information content (AvgIpc) is 1.85. The van der Waals surface area contributed by atoms with Crippen LogP contribution >= 0.6 is 23.0 Å². The molecule has 1 aliphatic carbocycles. The molecule has 0 spiro atoms. The SMILES string of the molecule is CC1=CC(O)=C(OI)C(C)C1. The van der Waals surface area contributed by atoms with Crippen molar-refractivity contribution in [1.29, 1.82) is 0 Å². The predicted octanol–water partition coefficient (Wildman–Crippen LogP) is 3.11. The minimum absolute atomic E-state index is 0.274. The van der Waals surface area contributed by atoms with E-state index in [0.717, 1.165) is 6.42 Å². The normalized spacial score (nSPS) is 25.0. The van der Waals surface area contributed by atoms with E-state index in [9.17, 15) is 5.11 Å². The lowest BCUT2D eigenvalue weighted by atomic mass is 9.94. The van der Waals surface area contributed by atoms with E-state index in [1.807, 2.05) is 13.8 Å². The van der Waals surface area contributed by atoms with Crippen LogP contribution in [0.1, 0.15) is 20.3 Å². The molecule has 0 aromatic heterocycles. The van der Waals surface area contributed by atoms with Gasteiger partial charge in [0.2, 0.25) is 0 Å². The number of rotatable bonds is 1. The van der Waals surface area contributed by atoms with Gasteiger partial charge in [-0.1, -0.05) is 12.5 Å². The molecule has 2 nitrogen and oxygen atoms in total. The number of allylic oxidation sites excluding steroid dienone is 3. The quantitative estimate of drug-likeness (QED) is 0.739. The van der Waals surface area contributed by atoms with Crippen LogP contribution in [0.25, 0.3) is 0 Å². The molecular weight excluding hydrogens is 255 g/mol. The van der Waals surface area contributed by atoms with Crippen LogP contribution in [0.15, 0.2) is 23.2 Å². The fourth-order valence-corrected chi connectivity index (χ4v) is 1.97. The van der Waals surface area contributed by atoms with Gasteiger partial charge in [0.25, 0.3) is 0 Å². The van der Waals surface area contributed by atoms with E-state index >= 15 is 0 Å². The molecule has 0 aromatic carbocycles. The maximum absolute atomic E-state index is 9.38. The van der Waals surface area contributed by atoms with Crippen molar-refractivity contribution in [3.05, 3.63) is 23.2 Å². The van der Waals surface area contributed by atoms with Crippen LogP contribution < -0.4 is 0 Å². The van der Waals surface area contributed by atoms with Gasteiger partial charge < -0.3 is 8.17 Å². The zero-order valence-electron chi connectivity index (χ0n) is 6.60. The molecule has 0 saturated carbocycles. The van der Waals surface area contributed by atoms with Crippen molar-refractivity contribution in [3.8, 4) is 0 Å². The molecule has 1 rings (SSSR count). The van der Waals surface area contributed by atoms with Crippen molar-refractivity contribution < 1.29 is 8.17 Å². The summed E-state index contributed by atoms with van der Waals surface area (Å²) in [7, 11) is 0. The summed E-state index contributed by atoms with van der Waals surface area (Å²) in [6.45, 7) is 4.05. The summed E-state index contributed by atoms with van der Waals surface area (Å²) < 4.78 is 5.02. The van der Waals surface area contributed by atoms with Gasteiger partial charge in [-0.05, 0) is 19.4 Å². The first-order valence-electron chi connectivity index (χ1n) is 3.54. The summed E-state index contributed by atoms with van der Waals surface area (Å²) in [5, 5.41) is 9.38. The Morgan fingerprint density at radius 1 is 1.73 bits per heavy atom. The number of aliphatic hydroxyl groups is 1. The molecule has 1 aliphatic rings. The summed E-state index contributed by atoms with van der Waals surface area (Å²) >= 11 is 1.80. The second kappa shape index (κ2) is 3.47. The van der Waals surface area contributed by atoms with E-state index in [1.165, 1.54) is 5.57 Å². The highest BCUT2D eigenvalue weighted by Gasteiger charge is 2.19. The highest BCUT2D eigenvalue weighted by molar-refractivity contribution is 14.1. The molecule has 0 amide bonds. The molecule has 1 unspecified atom stereocenters. The van der Waals surface area contributed by atoms with Gasteiger partial charge >= 0.3 is 0 Å². The molecule has 0 aromatic rings. The molecule has 62 valence electrons. The molecule has 0 heterocycles. The maximum Gasteiger partial charge on any atom is 0.192 e. The molecule has 1 N–H and O–H groups in total. The number of hydrogen-bond donors (Lipinski definition) is 1. The fraction of sp³-hybridized carbons (Fsp3) is 0.500. The third-order valence-corrected chi connectivity index (χ3v) is 2.27. The lowest BCUT2D eigenvalue weighted by Gasteiger charge is -2.18. The highest BCUT2D eigenvalue weighted by Crippen LogP contribution is 2.29. The van der Waals surface area contributed by atoms with E-state index in [-0.39, 0.29) is 5.76 Å². The van der Waals surface area contributed by atoms with E-state index in [1.54, 1.807) is 29.1 Å². The third-order valence-electron chi connectivity index (χ3n) is 1.79. The van der Waals surface area contributed by atoms with E-state index in [0.29, 0.717) is 11.7 Å². The van der Waals surface area contributed by atoms with E-state index in [4.69, 9.17) is 3.07 Å². The predicted molar refractivity (Wildman–Crippen MR) is 52.3 cm³/mol. The Hall–Kier alpha value is -0.190. The first-order chi connectivity index (χ1) is 5.15. The molecule has 0 radical (unpaired) electrons. The van der Waals surface area contributed by atoms with Gasteiger partial charge in [0, 0.05) is 5.92 Å². The van der Waals surface area contributed by atoms with Gasteiger partial charge in [-0.25, -0.2) is 0 Å². The number of halogens is 1.